The van der Waals surface area contributed by atoms with Gasteiger partial charge in [0.25, 0.3) is 5.91 Å². The number of benzene rings is 1. The molecule has 0 aliphatic rings. The Morgan fingerprint density at radius 2 is 1.90 bits per heavy atom. The molecule has 0 aliphatic heterocycles. The lowest BCUT2D eigenvalue weighted by atomic mass is 10.3. The molecule has 0 saturated carbocycles. The molecule has 0 atom stereocenters. The smallest absolute Gasteiger partial charge is 0.307 e. The first-order valence-electron chi connectivity index (χ1n) is 6.29. The lowest BCUT2D eigenvalue weighted by molar-refractivity contribution is -0.142. The van der Waals surface area contributed by atoms with Crippen LogP contribution in [-0.2, 0) is 14.3 Å². The minimum Gasteiger partial charge on any atom is -0.484 e. The van der Waals surface area contributed by atoms with Gasteiger partial charge in [-0.25, -0.2) is 0 Å². The predicted molar refractivity (Wildman–Crippen MR) is 78.5 cm³/mol. The Labute approximate surface area is 127 Å². The SMILES string of the molecule is CCN(CCC(=O)OC)C(=O)COc1ccc(Br)cc1. The standard InChI is InChI=1S/C14H18BrNO4/c1-3-16(9-8-14(18)19-2)13(17)10-20-12-6-4-11(15)5-7-12/h4-7H,3,8-10H2,1-2H3. The summed E-state index contributed by atoms with van der Waals surface area (Å²) >= 11 is 3.33. The van der Waals surface area contributed by atoms with Crippen LogP contribution in [0.5, 0.6) is 5.75 Å². The highest BCUT2D eigenvalue weighted by Gasteiger charge is 2.14. The first kappa shape index (κ1) is 16.5. The maximum absolute atomic E-state index is 12.0. The largest absolute Gasteiger partial charge is 0.484 e. The summed E-state index contributed by atoms with van der Waals surface area (Å²) in [5, 5.41) is 0. The fraction of sp³-hybridized carbons (Fsp3) is 0.429. The van der Waals surface area contributed by atoms with E-state index in [1.165, 1.54) is 7.11 Å². The fourth-order valence-electron chi connectivity index (χ4n) is 1.55. The van der Waals surface area contributed by atoms with E-state index in [-0.39, 0.29) is 24.9 Å². The van der Waals surface area contributed by atoms with Crippen molar-refractivity contribution in [2.75, 3.05) is 26.8 Å². The average molecular weight is 344 g/mol. The molecule has 20 heavy (non-hydrogen) atoms. The lowest BCUT2D eigenvalue weighted by Crippen LogP contribution is -2.36. The van der Waals surface area contributed by atoms with Gasteiger partial charge in [0, 0.05) is 17.6 Å². The zero-order valence-electron chi connectivity index (χ0n) is 11.6. The Hall–Kier alpha value is -1.56. The summed E-state index contributed by atoms with van der Waals surface area (Å²) in [5.41, 5.74) is 0. The number of hydrogen-bond donors (Lipinski definition) is 0. The summed E-state index contributed by atoms with van der Waals surface area (Å²) in [6.45, 7) is 2.68. The molecule has 0 radical (unpaired) electrons. The van der Waals surface area contributed by atoms with E-state index < -0.39 is 0 Å². The summed E-state index contributed by atoms with van der Waals surface area (Å²) in [5.74, 6) is 0.148. The molecule has 0 heterocycles. The van der Waals surface area contributed by atoms with Crippen molar-refractivity contribution in [3.05, 3.63) is 28.7 Å². The van der Waals surface area contributed by atoms with Gasteiger partial charge in [-0.05, 0) is 31.2 Å². The number of rotatable bonds is 7. The summed E-state index contributed by atoms with van der Waals surface area (Å²) in [6, 6.07) is 7.24. The zero-order valence-corrected chi connectivity index (χ0v) is 13.2. The number of hydrogen-bond acceptors (Lipinski definition) is 4. The zero-order chi connectivity index (χ0) is 15.0. The van der Waals surface area contributed by atoms with Crippen molar-refractivity contribution < 1.29 is 19.1 Å². The Bertz CT molecular complexity index is 447. The number of halogens is 1. The number of nitrogens with zero attached hydrogens (tertiary/aromatic N) is 1. The second-order valence-corrected chi connectivity index (χ2v) is 4.96. The molecule has 0 aromatic heterocycles. The van der Waals surface area contributed by atoms with Crippen LogP contribution >= 0.6 is 15.9 Å². The normalized spacial score (nSPS) is 9.95. The highest BCUT2D eigenvalue weighted by Crippen LogP contribution is 2.16. The number of methoxy groups -OCH3 is 1. The molecule has 110 valence electrons. The highest BCUT2D eigenvalue weighted by molar-refractivity contribution is 9.10. The van der Waals surface area contributed by atoms with Gasteiger partial charge in [-0.1, -0.05) is 15.9 Å². The third-order valence-corrected chi connectivity index (χ3v) is 3.25. The first-order chi connectivity index (χ1) is 9.56. The topological polar surface area (TPSA) is 55.8 Å². The molecule has 6 heteroatoms. The summed E-state index contributed by atoms with van der Waals surface area (Å²) in [6.07, 6.45) is 0.189. The molecule has 1 amide bonds. The van der Waals surface area contributed by atoms with Crippen LogP contribution in [0.4, 0.5) is 0 Å². The maximum Gasteiger partial charge on any atom is 0.307 e. The van der Waals surface area contributed by atoms with E-state index in [4.69, 9.17) is 4.74 Å². The van der Waals surface area contributed by atoms with Crippen molar-refractivity contribution in [3.8, 4) is 5.75 Å². The van der Waals surface area contributed by atoms with E-state index in [2.05, 4.69) is 20.7 Å². The van der Waals surface area contributed by atoms with Crippen molar-refractivity contribution >= 4 is 27.8 Å². The number of carbonyl (C=O) groups is 2. The number of amides is 1. The van der Waals surface area contributed by atoms with Gasteiger partial charge in [0.05, 0.1) is 13.5 Å². The van der Waals surface area contributed by atoms with E-state index in [0.717, 1.165) is 4.47 Å². The Balaban J connectivity index is 2.42. The summed E-state index contributed by atoms with van der Waals surface area (Å²) in [7, 11) is 1.33. The molecule has 0 unspecified atom stereocenters. The Morgan fingerprint density at radius 3 is 2.45 bits per heavy atom. The quantitative estimate of drug-likeness (QED) is 0.712. The molecule has 0 bridgehead atoms. The molecule has 0 saturated heterocycles. The van der Waals surface area contributed by atoms with E-state index in [0.29, 0.717) is 18.8 Å². The van der Waals surface area contributed by atoms with Crippen LogP contribution in [-0.4, -0.2) is 43.6 Å². The van der Waals surface area contributed by atoms with Crippen LogP contribution in [0.3, 0.4) is 0 Å². The lowest BCUT2D eigenvalue weighted by Gasteiger charge is -2.20. The van der Waals surface area contributed by atoms with Crippen LogP contribution < -0.4 is 4.74 Å². The predicted octanol–water partition coefficient (Wildman–Crippen LogP) is 2.24. The molecule has 0 spiro atoms. The van der Waals surface area contributed by atoms with Gasteiger partial charge in [-0.2, -0.15) is 0 Å². The molecule has 1 aromatic rings. The van der Waals surface area contributed by atoms with Gasteiger partial charge in [-0.15, -0.1) is 0 Å². The van der Waals surface area contributed by atoms with E-state index in [1.807, 2.05) is 19.1 Å². The molecule has 0 fully saturated rings. The van der Waals surface area contributed by atoms with E-state index in [9.17, 15) is 9.59 Å². The fourth-order valence-corrected chi connectivity index (χ4v) is 1.82. The van der Waals surface area contributed by atoms with Crippen molar-refractivity contribution in [2.24, 2.45) is 0 Å². The minimum atomic E-state index is -0.329. The Morgan fingerprint density at radius 1 is 1.25 bits per heavy atom. The van der Waals surface area contributed by atoms with Gasteiger partial charge >= 0.3 is 5.97 Å². The van der Waals surface area contributed by atoms with Crippen molar-refractivity contribution in [1.29, 1.82) is 0 Å². The van der Waals surface area contributed by atoms with Crippen molar-refractivity contribution in [1.82, 2.24) is 4.90 Å². The van der Waals surface area contributed by atoms with Crippen molar-refractivity contribution in [3.63, 3.8) is 0 Å². The van der Waals surface area contributed by atoms with Crippen LogP contribution in [0.1, 0.15) is 13.3 Å². The monoisotopic (exact) mass is 343 g/mol. The van der Waals surface area contributed by atoms with Gasteiger partial charge in [0.1, 0.15) is 5.75 Å². The highest BCUT2D eigenvalue weighted by atomic mass is 79.9. The molecule has 5 nitrogen and oxygen atoms in total. The third-order valence-electron chi connectivity index (χ3n) is 2.72. The van der Waals surface area contributed by atoms with Crippen LogP contribution in [0.25, 0.3) is 0 Å². The Kier molecular flexibility index (Phi) is 7.08. The molecule has 1 aromatic carbocycles. The van der Waals surface area contributed by atoms with Crippen LogP contribution in [0.2, 0.25) is 0 Å². The van der Waals surface area contributed by atoms with E-state index >= 15 is 0 Å². The molecule has 1 rings (SSSR count). The number of ether oxygens (including phenoxy) is 2. The third kappa shape index (κ3) is 5.61. The second kappa shape index (κ2) is 8.58. The average Bonchev–Trinajstić information content (AvgIpc) is 2.47. The summed E-state index contributed by atoms with van der Waals surface area (Å²) < 4.78 is 10.9. The van der Waals surface area contributed by atoms with Crippen LogP contribution in [0, 0.1) is 0 Å². The minimum absolute atomic E-state index is 0.0450. The van der Waals surface area contributed by atoms with Gasteiger partial charge < -0.3 is 14.4 Å². The molecule has 0 aliphatic carbocycles. The van der Waals surface area contributed by atoms with Crippen molar-refractivity contribution in [2.45, 2.75) is 13.3 Å². The van der Waals surface area contributed by atoms with E-state index in [1.54, 1.807) is 17.0 Å². The maximum atomic E-state index is 12.0. The van der Waals surface area contributed by atoms with Gasteiger partial charge in [0.15, 0.2) is 6.61 Å². The second-order valence-electron chi connectivity index (χ2n) is 4.04. The first-order valence-corrected chi connectivity index (χ1v) is 7.09. The van der Waals surface area contributed by atoms with Gasteiger partial charge in [0.2, 0.25) is 0 Å². The number of esters is 1. The number of carbonyl (C=O) groups excluding carboxylic acids is 2. The molecule has 0 N–H and O–H groups in total. The van der Waals surface area contributed by atoms with Crippen LogP contribution in [0.15, 0.2) is 28.7 Å². The summed E-state index contributed by atoms with van der Waals surface area (Å²) in [4.78, 5) is 24.6. The molecular weight excluding hydrogens is 326 g/mol. The number of likely N-dealkylation sites (N-methyl/N-ethyl adjacent to an activating group) is 1. The van der Waals surface area contributed by atoms with Gasteiger partial charge in [-0.3, -0.25) is 9.59 Å². The molecular formula is C14H18BrNO4.